The fourth-order valence-corrected chi connectivity index (χ4v) is 4.23. The quantitative estimate of drug-likeness (QED) is 0.326. The van der Waals surface area contributed by atoms with Crippen LogP contribution in [0.5, 0.6) is 17.2 Å². The van der Waals surface area contributed by atoms with Crippen molar-refractivity contribution in [1.29, 1.82) is 0 Å². The standard InChI is InChI=1S/C25H17ClFNO6/c1-32-18-8-6-15(27)10-17(18)23(29)21-22(13-2-4-14(26)5-3-13)28(25(31)24(21)30)16-7-9-19-20(11-16)34-12-33-19/h2-11,22,29H,12H2,1H3/b23-21+. The number of ketones is 1. The molecule has 0 aromatic heterocycles. The van der Waals surface area contributed by atoms with Crippen LogP contribution in [-0.2, 0) is 9.59 Å². The Morgan fingerprint density at radius 3 is 2.53 bits per heavy atom. The lowest BCUT2D eigenvalue weighted by atomic mass is 9.94. The number of ether oxygens (including phenoxy) is 3. The summed E-state index contributed by atoms with van der Waals surface area (Å²) in [6.07, 6.45) is 0. The molecule has 2 heterocycles. The molecular formula is C25H17ClFNO6. The van der Waals surface area contributed by atoms with E-state index in [0.29, 0.717) is 27.8 Å². The van der Waals surface area contributed by atoms with Gasteiger partial charge in [-0.3, -0.25) is 14.5 Å². The highest BCUT2D eigenvalue weighted by Crippen LogP contribution is 2.45. The third-order valence-corrected chi connectivity index (χ3v) is 5.93. The predicted molar refractivity (Wildman–Crippen MR) is 122 cm³/mol. The van der Waals surface area contributed by atoms with Crippen LogP contribution in [0.3, 0.4) is 0 Å². The summed E-state index contributed by atoms with van der Waals surface area (Å²) in [4.78, 5) is 27.8. The van der Waals surface area contributed by atoms with Gasteiger partial charge in [-0.25, -0.2) is 4.39 Å². The van der Waals surface area contributed by atoms with Gasteiger partial charge in [0, 0.05) is 16.8 Å². The number of anilines is 1. The van der Waals surface area contributed by atoms with Crippen LogP contribution >= 0.6 is 11.6 Å². The molecule has 0 radical (unpaired) electrons. The van der Waals surface area contributed by atoms with Gasteiger partial charge in [0.1, 0.15) is 17.3 Å². The van der Waals surface area contributed by atoms with E-state index < -0.39 is 29.3 Å². The van der Waals surface area contributed by atoms with E-state index in [0.717, 1.165) is 12.1 Å². The molecule has 2 aliphatic rings. The molecule has 7 nitrogen and oxygen atoms in total. The number of hydrogen-bond acceptors (Lipinski definition) is 6. The molecule has 3 aromatic rings. The van der Waals surface area contributed by atoms with E-state index in [4.69, 9.17) is 25.8 Å². The van der Waals surface area contributed by atoms with Crippen molar-refractivity contribution < 1.29 is 33.3 Å². The summed E-state index contributed by atoms with van der Waals surface area (Å²) >= 11 is 6.05. The summed E-state index contributed by atoms with van der Waals surface area (Å²) in [6.45, 7) is 0.0393. The monoisotopic (exact) mass is 481 g/mol. The maximum Gasteiger partial charge on any atom is 0.300 e. The average Bonchev–Trinajstić information content (AvgIpc) is 3.41. The number of methoxy groups -OCH3 is 1. The van der Waals surface area contributed by atoms with Crippen molar-refractivity contribution in [3.8, 4) is 17.2 Å². The van der Waals surface area contributed by atoms with E-state index in [1.807, 2.05) is 0 Å². The number of benzene rings is 3. The summed E-state index contributed by atoms with van der Waals surface area (Å²) in [5.41, 5.74) is 0.605. The number of amides is 1. The predicted octanol–water partition coefficient (Wildman–Crippen LogP) is 4.84. The Hall–Kier alpha value is -4.04. The Morgan fingerprint density at radius 1 is 1.06 bits per heavy atom. The molecular weight excluding hydrogens is 465 g/mol. The second-order valence-electron chi connectivity index (χ2n) is 7.60. The van der Waals surface area contributed by atoms with Gasteiger partial charge in [-0.2, -0.15) is 0 Å². The van der Waals surface area contributed by atoms with Crippen LogP contribution < -0.4 is 19.1 Å². The molecule has 1 atom stereocenters. The van der Waals surface area contributed by atoms with Crippen LogP contribution in [0.15, 0.2) is 66.2 Å². The molecule has 1 fully saturated rings. The first-order valence-corrected chi connectivity index (χ1v) is 10.6. The second kappa shape index (κ2) is 8.39. The van der Waals surface area contributed by atoms with Gasteiger partial charge in [0.05, 0.1) is 24.3 Å². The molecule has 1 N–H and O–H groups in total. The van der Waals surface area contributed by atoms with E-state index in [-0.39, 0.29) is 23.7 Å². The van der Waals surface area contributed by atoms with Crippen LogP contribution in [0.25, 0.3) is 5.76 Å². The number of hydrogen-bond donors (Lipinski definition) is 1. The smallest absolute Gasteiger partial charge is 0.300 e. The van der Waals surface area contributed by atoms with Crippen molar-refractivity contribution in [3.05, 3.63) is 88.2 Å². The lowest BCUT2D eigenvalue weighted by Gasteiger charge is -2.25. The Morgan fingerprint density at radius 2 is 1.79 bits per heavy atom. The van der Waals surface area contributed by atoms with Crippen molar-refractivity contribution in [2.75, 3.05) is 18.8 Å². The second-order valence-corrected chi connectivity index (χ2v) is 8.04. The lowest BCUT2D eigenvalue weighted by Crippen LogP contribution is -2.29. The summed E-state index contributed by atoms with van der Waals surface area (Å²) in [5.74, 6) is -1.93. The van der Waals surface area contributed by atoms with Crippen LogP contribution in [0.2, 0.25) is 5.02 Å². The maximum atomic E-state index is 14.0. The van der Waals surface area contributed by atoms with Crippen molar-refractivity contribution in [3.63, 3.8) is 0 Å². The number of halogens is 2. The molecule has 3 aromatic carbocycles. The fourth-order valence-electron chi connectivity index (χ4n) is 4.10. The molecule has 1 amide bonds. The minimum absolute atomic E-state index is 0.0393. The zero-order valence-corrected chi connectivity index (χ0v) is 18.5. The number of Topliss-reactive ketones (excluding diaryl/α,β-unsaturated/α-hetero) is 1. The number of carbonyl (C=O) groups is 2. The average molecular weight is 482 g/mol. The van der Waals surface area contributed by atoms with Crippen molar-refractivity contribution in [2.45, 2.75) is 6.04 Å². The lowest BCUT2D eigenvalue weighted by molar-refractivity contribution is -0.132. The topological polar surface area (TPSA) is 85.3 Å². The van der Waals surface area contributed by atoms with E-state index in [1.165, 1.54) is 18.1 Å². The highest BCUT2D eigenvalue weighted by Gasteiger charge is 2.47. The van der Waals surface area contributed by atoms with Gasteiger partial charge in [-0.1, -0.05) is 23.7 Å². The zero-order chi connectivity index (χ0) is 24.0. The third kappa shape index (κ3) is 3.52. The molecule has 2 aliphatic heterocycles. The van der Waals surface area contributed by atoms with Crippen LogP contribution in [0, 0.1) is 5.82 Å². The summed E-state index contributed by atoms with van der Waals surface area (Å²) < 4.78 is 30.0. The first kappa shape index (κ1) is 21.8. The van der Waals surface area contributed by atoms with Gasteiger partial charge in [0.25, 0.3) is 11.7 Å². The Kier molecular flexibility index (Phi) is 5.37. The molecule has 1 unspecified atom stereocenters. The fraction of sp³-hybridized carbons (Fsp3) is 0.120. The summed E-state index contributed by atoms with van der Waals surface area (Å²) in [5, 5.41) is 11.7. The van der Waals surface area contributed by atoms with Gasteiger partial charge >= 0.3 is 0 Å². The zero-order valence-electron chi connectivity index (χ0n) is 17.7. The molecule has 9 heteroatoms. The van der Waals surface area contributed by atoms with Gasteiger partial charge in [-0.15, -0.1) is 0 Å². The summed E-state index contributed by atoms with van der Waals surface area (Å²) in [7, 11) is 1.35. The van der Waals surface area contributed by atoms with Gasteiger partial charge < -0.3 is 19.3 Å². The van der Waals surface area contributed by atoms with Crippen molar-refractivity contribution in [2.24, 2.45) is 0 Å². The molecule has 34 heavy (non-hydrogen) atoms. The number of aliphatic hydroxyl groups excluding tert-OH is 1. The first-order valence-electron chi connectivity index (χ1n) is 10.2. The number of nitrogens with zero attached hydrogens (tertiary/aromatic N) is 1. The summed E-state index contributed by atoms with van der Waals surface area (Å²) in [6, 6.07) is 13.9. The van der Waals surface area contributed by atoms with Crippen LogP contribution in [-0.4, -0.2) is 30.7 Å². The maximum absolute atomic E-state index is 14.0. The van der Waals surface area contributed by atoms with Gasteiger partial charge in [0.2, 0.25) is 6.79 Å². The van der Waals surface area contributed by atoms with Gasteiger partial charge in [0.15, 0.2) is 11.5 Å². The van der Waals surface area contributed by atoms with Crippen molar-refractivity contribution >= 4 is 34.7 Å². The van der Waals surface area contributed by atoms with Crippen LogP contribution in [0.1, 0.15) is 17.2 Å². The third-order valence-electron chi connectivity index (χ3n) is 5.68. The molecule has 0 bridgehead atoms. The number of rotatable bonds is 4. The molecule has 1 saturated heterocycles. The number of fused-ring (bicyclic) bond motifs is 1. The molecule has 172 valence electrons. The van der Waals surface area contributed by atoms with Crippen LogP contribution in [0.4, 0.5) is 10.1 Å². The van der Waals surface area contributed by atoms with E-state index in [2.05, 4.69) is 0 Å². The Bertz CT molecular complexity index is 1350. The Labute approximate surface area is 198 Å². The van der Waals surface area contributed by atoms with Crippen molar-refractivity contribution in [1.82, 2.24) is 0 Å². The largest absolute Gasteiger partial charge is 0.507 e. The molecule has 0 aliphatic carbocycles. The number of aliphatic hydroxyl groups is 1. The van der Waals surface area contributed by atoms with E-state index in [1.54, 1.807) is 42.5 Å². The molecule has 0 spiro atoms. The number of carbonyl (C=O) groups excluding carboxylic acids is 2. The normalized spacial score (nSPS) is 18.4. The highest BCUT2D eigenvalue weighted by atomic mass is 35.5. The molecule has 0 saturated carbocycles. The minimum atomic E-state index is -1.02. The molecule has 5 rings (SSSR count). The van der Waals surface area contributed by atoms with E-state index >= 15 is 0 Å². The van der Waals surface area contributed by atoms with E-state index in [9.17, 15) is 19.1 Å². The SMILES string of the molecule is COc1ccc(F)cc1/C(O)=C1\C(=O)C(=O)N(c2ccc3c(c2)OCO3)C1c1ccc(Cl)cc1. The van der Waals surface area contributed by atoms with Gasteiger partial charge in [-0.05, 0) is 48.0 Å². The first-order chi connectivity index (χ1) is 16.4. The highest BCUT2D eigenvalue weighted by molar-refractivity contribution is 6.51. The Balaban J connectivity index is 1.73. The minimum Gasteiger partial charge on any atom is -0.507 e.